The molecule has 0 bridgehead atoms. The summed E-state index contributed by atoms with van der Waals surface area (Å²) in [6.07, 6.45) is 4.87. The highest BCUT2D eigenvalue weighted by Gasteiger charge is 2.28. The number of aromatic nitrogens is 4. The molecule has 1 aromatic carbocycles. The van der Waals surface area contributed by atoms with Crippen molar-refractivity contribution in [3.05, 3.63) is 60.4 Å². The van der Waals surface area contributed by atoms with Gasteiger partial charge in [0.05, 0.1) is 18.8 Å². The summed E-state index contributed by atoms with van der Waals surface area (Å²) in [5, 5.41) is 0. The zero-order chi connectivity index (χ0) is 19.5. The van der Waals surface area contributed by atoms with Gasteiger partial charge in [-0.1, -0.05) is 12.1 Å². The summed E-state index contributed by atoms with van der Waals surface area (Å²) in [6.45, 7) is 1.77. The van der Waals surface area contributed by atoms with Crippen LogP contribution in [0.25, 0.3) is 11.1 Å². The Balaban J connectivity index is 1.73. The second kappa shape index (κ2) is 7.85. The molecule has 1 aliphatic heterocycles. The predicted molar refractivity (Wildman–Crippen MR) is 105 cm³/mol. The van der Waals surface area contributed by atoms with Crippen molar-refractivity contribution >= 4 is 11.9 Å². The summed E-state index contributed by atoms with van der Waals surface area (Å²) < 4.78 is 19.9. The molecule has 1 fully saturated rings. The normalized spacial score (nSPS) is 16.8. The largest absolute Gasteiger partial charge is 0.368 e. The average Bonchev–Trinajstić information content (AvgIpc) is 2.74. The van der Waals surface area contributed by atoms with Crippen LogP contribution >= 0.6 is 0 Å². The van der Waals surface area contributed by atoms with Gasteiger partial charge in [0.15, 0.2) is 0 Å². The third-order valence-corrected chi connectivity index (χ3v) is 4.55. The van der Waals surface area contributed by atoms with E-state index in [-0.39, 0.29) is 11.9 Å². The molecule has 3 heterocycles. The highest BCUT2D eigenvalue weighted by Crippen LogP contribution is 2.32. The van der Waals surface area contributed by atoms with E-state index in [0.29, 0.717) is 31.6 Å². The molecule has 7 nitrogen and oxygen atoms in total. The zero-order valence-corrected chi connectivity index (χ0v) is 15.8. The first kappa shape index (κ1) is 18.2. The maximum absolute atomic E-state index is 13.8. The van der Waals surface area contributed by atoms with Gasteiger partial charge in [-0.2, -0.15) is 0 Å². The Hall–Kier alpha value is -3.13. The quantitative estimate of drug-likeness (QED) is 0.689. The molecule has 1 aliphatic rings. The van der Waals surface area contributed by atoms with Gasteiger partial charge in [0.25, 0.3) is 0 Å². The van der Waals surface area contributed by atoms with Crippen molar-refractivity contribution in [1.82, 2.24) is 19.9 Å². The highest BCUT2D eigenvalue weighted by atomic mass is 19.1. The van der Waals surface area contributed by atoms with Crippen molar-refractivity contribution in [3.63, 3.8) is 0 Å². The van der Waals surface area contributed by atoms with Crippen LogP contribution in [0.4, 0.5) is 16.3 Å². The average molecular weight is 380 g/mol. The van der Waals surface area contributed by atoms with Crippen LogP contribution in [0, 0.1) is 5.82 Å². The van der Waals surface area contributed by atoms with Crippen molar-refractivity contribution in [2.24, 2.45) is 0 Å². The molecule has 0 radical (unpaired) electrons. The van der Waals surface area contributed by atoms with Crippen molar-refractivity contribution in [1.29, 1.82) is 0 Å². The number of rotatable bonds is 4. The fourth-order valence-electron chi connectivity index (χ4n) is 3.18. The molecule has 28 heavy (non-hydrogen) atoms. The third kappa shape index (κ3) is 3.77. The summed E-state index contributed by atoms with van der Waals surface area (Å²) in [5.74, 6) is 0.931. The second-order valence-electron chi connectivity index (χ2n) is 6.73. The SMILES string of the molecule is CN(C)c1ncc(-c2cccc(F)c2)c([C@H]2CN(c3ncccn3)CCO2)n1. The van der Waals surface area contributed by atoms with Crippen LogP contribution in [0.15, 0.2) is 48.9 Å². The lowest BCUT2D eigenvalue weighted by Crippen LogP contribution is -2.39. The first-order valence-corrected chi connectivity index (χ1v) is 9.05. The van der Waals surface area contributed by atoms with Crippen LogP contribution in [0.3, 0.4) is 0 Å². The van der Waals surface area contributed by atoms with E-state index in [1.165, 1.54) is 12.1 Å². The Morgan fingerprint density at radius 2 is 1.96 bits per heavy atom. The summed E-state index contributed by atoms with van der Waals surface area (Å²) in [4.78, 5) is 21.7. The minimum atomic E-state index is -0.308. The van der Waals surface area contributed by atoms with E-state index < -0.39 is 0 Å². The molecule has 4 rings (SSSR count). The fraction of sp³-hybridized carbons (Fsp3) is 0.300. The molecule has 0 aliphatic carbocycles. The van der Waals surface area contributed by atoms with Crippen molar-refractivity contribution in [2.45, 2.75) is 6.10 Å². The maximum Gasteiger partial charge on any atom is 0.225 e. The molecular weight excluding hydrogens is 359 g/mol. The number of ether oxygens (including phenoxy) is 1. The van der Waals surface area contributed by atoms with Gasteiger partial charge >= 0.3 is 0 Å². The fourth-order valence-corrected chi connectivity index (χ4v) is 3.18. The van der Waals surface area contributed by atoms with Gasteiger partial charge in [-0.3, -0.25) is 0 Å². The van der Waals surface area contributed by atoms with Gasteiger partial charge < -0.3 is 14.5 Å². The maximum atomic E-state index is 13.8. The highest BCUT2D eigenvalue weighted by molar-refractivity contribution is 5.66. The molecule has 2 aromatic heterocycles. The second-order valence-corrected chi connectivity index (χ2v) is 6.73. The number of halogens is 1. The van der Waals surface area contributed by atoms with Crippen LogP contribution < -0.4 is 9.80 Å². The summed E-state index contributed by atoms with van der Waals surface area (Å²) in [6, 6.07) is 8.22. The van der Waals surface area contributed by atoms with Crippen molar-refractivity contribution < 1.29 is 9.13 Å². The number of nitrogens with zero attached hydrogens (tertiary/aromatic N) is 6. The van der Waals surface area contributed by atoms with Crippen LogP contribution in [0.1, 0.15) is 11.8 Å². The molecule has 0 spiro atoms. The predicted octanol–water partition coefficient (Wildman–Crippen LogP) is 2.72. The zero-order valence-electron chi connectivity index (χ0n) is 15.8. The molecule has 1 atom stereocenters. The van der Waals surface area contributed by atoms with Gasteiger partial charge in [-0.05, 0) is 23.8 Å². The van der Waals surface area contributed by atoms with E-state index >= 15 is 0 Å². The Labute approximate surface area is 162 Å². The van der Waals surface area contributed by atoms with Crippen LogP contribution in [-0.2, 0) is 4.74 Å². The van der Waals surface area contributed by atoms with Crippen molar-refractivity contribution in [2.75, 3.05) is 43.6 Å². The Morgan fingerprint density at radius 1 is 1.14 bits per heavy atom. The molecule has 1 saturated heterocycles. The number of hydrogen-bond acceptors (Lipinski definition) is 7. The topological polar surface area (TPSA) is 67.3 Å². The summed E-state index contributed by atoms with van der Waals surface area (Å²) in [5.41, 5.74) is 2.20. The van der Waals surface area contributed by atoms with Gasteiger partial charge in [0.1, 0.15) is 11.9 Å². The van der Waals surface area contributed by atoms with E-state index in [0.717, 1.165) is 16.8 Å². The molecule has 0 saturated carbocycles. The van der Waals surface area contributed by atoms with Gasteiger partial charge in [-0.15, -0.1) is 0 Å². The van der Waals surface area contributed by atoms with E-state index in [1.54, 1.807) is 30.7 Å². The molecule has 0 unspecified atom stereocenters. The molecule has 3 aromatic rings. The summed E-state index contributed by atoms with van der Waals surface area (Å²) >= 11 is 0. The molecule has 0 N–H and O–H groups in total. The first-order chi connectivity index (χ1) is 13.6. The van der Waals surface area contributed by atoms with E-state index in [4.69, 9.17) is 9.72 Å². The van der Waals surface area contributed by atoms with Crippen LogP contribution in [0.2, 0.25) is 0 Å². The minimum Gasteiger partial charge on any atom is -0.368 e. The monoisotopic (exact) mass is 380 g/mol. The van der Waals surface area contributed by atoms with Gasteiger partial charge in [0.2, 0.25) is 11.9 Å². The smallest absolute Gasteiger partial charge is 0.225 e. The van der Waals surface area contributed by atoms with Crippen molar-refractivity contribution in [3.8, 4) is 11.1 Å². The first-order valence-electron chi connectivity index (χ1n) is 9.05. The molecule has 8 heteroatoms. The third-order valence-electron chi connectivity index (χ3n) is 4.55. The number of anilines is 2. The van der Waals surface area contributed by atoms with E-state index in [9.17, 15) is 4.39 Å². The molecule has 144 valence electrons. The minimum absolute atomic E-state index is 0.302. The van der Waals surface area contributed by atoms with E-state index in [1.807, 2.05) is 25.1 Å². The lowest BCUT2D eigenvalue weighted by molar-refractivity contribution is 0.0368. The standard InChI is InChI=1S/C20H21FN6O/c1-26(2)20-24-12-16(14-5-3-6-15(21)11-14)18(25-20)17-13-27(9-10-28-17)19-22-7-4-8-23-19/h3-8,11-12,17H,9-10,13H2,1-2H3/t17-/m1/s1. The van der Waals surface area contributed by atoms with Crippen LogP contribution in [-0.4, -0.2) is 53.7 Å². The molecular formula is C20H21FN6O. The van der Waals surface area contributed by atoms with E-state index in [2.05, 4.69) is 19.9 Å². The summed E-state index contributed by atoms with van der Waals surface area (Å²) in [7, 11) is 3.76. The van der Waals surface area contributed by atoms with Gasteiger partial charge in [0, 0.05) is 44.8 Å². The number of benzene rings is 1. The Bertz CT molecular complexity index is 952. The number of hydrogen-bond donors (Lipinski definition) is 0. The van der Waals surface area contributed by atoms with Crippen LogP contribution in [0.5, 0.6) is 0 Å². The Morgan fingerprint density at radius 3 is 2.71 bits per heavy atom. The van der Waals surface area contributed by atoms with Gasteiger partial charge in [-0.25, -0.2) is 24.3 Å². The molecule has 0 amide bonds. The number of morpholine rings is 1. The lowest BCUT2D eigenvalue weighted by atomic mass is 10.0. The Kier molecular flexibility index (Phi) is 5.12. The lowest BCUT2D eigenvalue weighted by Gasteiger charge is -2.33.